The Kier molecular flexibility index (Phi) is 8.21. The number of ether oxygens (including phenoxy) is 1. The molecule has 0 spiro atoms. The third-order valence-electron chi connectivity index (χ3n) is 2.59. The summed E-state index contributed by atoms with van der Waals surface area (Å²) >= 11 is 12.2. The summed E-state index contributed by atoms with van der Waals surface area (Å²) in [5.41, 5.74) is 0. The molecule has 0 saturated heterocycles. The summed E-state index contributed by atoms with van der Waals surface area (Å²) in [4.78, 5) is 10.3. The number of carbonyl (C=O) groups excluding carboxylic acids is 1. The highest BCUT2D eigenvalue weighted by Crippen LogP contribution is 2.27. The summed E-state index contributed by atoms with van der Waals surface area (Å²) in [6.07, 6.45) is 6.09. The summed E-state index contributed by atoms with van der Waals surface area (Å²) < 4.78 is 4.63. The van der Waals surface area contributed by atoms with E-state index in [0.717, 1.165) is 12.8 Å². The van der Waals surface area contributed by atoms with Crippen LogP contribution in [0.15, 0.2) is 0 Å². The van der Waals surface area contributed by atoms with Crippen molar-refractivity contribution in [1.29, 1.82) is 0 Å². The quantitative estimate of drug-likeness (QED) is 0.376. The molecule has 0 amide bonds. The van der Waals surface area contributed by atoms with Crippen molar-refractivity contribution in [1.82, 2.24) is 0 Å². The van der Waals surface area contributed by atoms with Crippen LogP contribution in [0.3, 0.4) is 0 Å². The Morgan fingerprint density at radius 2 is 2.00 bits per heavy atom. The van der Waals surface area contributed by atoms with Crippen LogP contribution >= 0.6 is 23.2 Å². The minimum atomic E-state index is -0.994. The van der Waals surface area contributed by atoms with Crippen LogP contribution in [0.4, 0.5) is 0 Å². The van der Waals surface area contributed by atoms with Crippen LogP contribution in [0.1, 0.15) is 52.4 Å². The molecule has 0 fully saturated rings. The molecule has 0 aromatic rings. The molecule has 16 heavy (non-hydrogen) atoms. The SMILES string of the molecule is CCCCCCC(Cl)CC(C)(Cl)C(=O)OC. The second-order valence-corrected chi connectivity index (χ2v) is 5.79. The van der Waals surface area contributed by atoms with E-state index in [2.05, 4.69) is 11.7 Å². The van der Waals surface area contributed by atoms with Gasteiger partial charge in [0.1, 0.15) is 4.87 Å². The molecular weight excluding hydrogens is 247 g/mol. The van der Waals surface area contributed by atoms with Gasteiger partial charge in [0.05, 0.1) is 7.11 Å². The van der Waals surface area contributed by atoms with Gasteiger partial charge in [0.25, 0.3) is 0 Å². The van der Waals surface area contributed by atoms with Crippen LogP contribution < -0.4 is 0 Å². The van der Waals surface area contributed by atoms with Gasteiger partial charge < -0.3 is 4.74 Å². The topological polar surface area (TPSA) is 26.3 Å². The predicted molar refractivity (Wildman–Crippen MR) is 69.3 cm³/mol. The van der Waals surface area contributed by atoms with Crippen LogP contribution in [0, 0.1) is 0 Å². The molecule has 0 aliphatic heterocycles. The summed E-state index contributed by atoms with van der Waals surface area (Å²) in [6.45, 7) is 3.83. The molecule has 0 aliphatic carbocycles. The number of alkyl halides is 2. The zero-order chi connectivity index (χ0) is 12.6. The fourth-order valence-electron chi connectivity index (χ4n) is 1.61. The second kappa shape index (κ2) is 8.19. The van der Waals surface area contributed by atoms with E-state index in [1.807, 2.05) is 0 Å². The lowest BCUT2D eigenvalue weighted by Gasteiger charge is -2.21. The first-order valence-electron chi connectivity index (χ1n) is 5.85. The smallest absolute Gasteiger partial charge is 0.326 e. The molecule has 4 heteroatoms. The lowest BCUT2D eigenvalue weighted by atomic mass is 10.0. The van der Waals surface area contributed by atoms with Gasteiger partial charge in [-0.15, -0.1) is 23.2 Å². The van der Waals surface area contributed by atoms with Crippen LogP contribution in [0.25, 0.3) is 0 Å². The van der Waals surface area contributed by atoms with Gasteiger partial charge in [-0.1, -0.05) is 32.6 Å². The van der Waals surface area contributed by atoms with E-state index in [1.54, 1.807) is 6.92 Å². The van der Waals surface area contributed by atoms with E-state index in [1.165, 1.54) is 26.4 Å². The zero-order valence-corrected chi connectivity index (χ0v) is 11.9. The molecule has 0 aromatic heterocycles. The van der Waals surface area contributed by atoms with Crippen molar-refractivity contribution < 1.29 is 9.53 Å². The molecule has 0 saturated carbocycles. The zero-order valence-electron chi connectivity index (χ0n) is 10.4. The normalized spacial score (nSPS) is 16.6. The van der Waals surface area contributed by atoms with Gasteiger partial charge in [0.2, 0.25) is 0 Å². The Morgan fingerprint density at radius 3 is 2.50 bits per heavy atom. The average molecular weight is 269 g/mol. The van der Waals surface area contributed by atoms with Gasteiger partial charge in [-0.25, -0.2) is 0 Å². The van der Waals surface area contributed by atoms with Crippen molar-refractivity contribution in [3.63, 3.8) is 0 Å². The number of hydrogen-bond acceptors (Lipinski definition) is 2. The van der Waals surface area contributed by atoms with E-state index >= 15 is 0 Å². The molecular formula is C12H22Cl2O2. The third-order valence-corrected chi connectivity index (χ3v) is 3.27. The maximum absolute atomic E-state index is 11.3. The van der Waals surface area contributed by atoms with Gasteiger partial charge in [0.15, 0.2) is 0 Å². The van der Waals surface area contributed by atoms with E-state index in [-0.39, 0.29) is 5.38 Å². The van der Waals surface area contributed by atoms with E-state index in [0.29, 0.717) is 6.42 Å². The van der Waals surface area contributed by atoms with Crippen molar-refractivity contribution in [3.05, 3.63) is 0 Å². The Hall–Kier alpha value is 0.0500. The average Bonchev–Trinajstić information content (AvgIpc) is 2.22. The molecule has 0 bridgehead atoms. The molecule has 96 valence electrons. The van der Waals surface area contributed by atoms with E-state index in [4.69, 9.17) is 23.2 Å². The van der Waals surface area contributed by atoms with Gasteiger partial charge in [-0.2, -0.15) is 0 Å². The summed E-state index contributed by atoms with van der Waals surface area (Å²) in [5, 5.41) is -0.0570. The fraction of sp³-hybridized carbons (Fsp3) is 0.917. The number of unbranched alkanes of at least 4 members (excludes halogenated alkanes) is 3. The predicted octanol–water partition coefficient (Wildman–Crippen LogP) is 4.12. The van der Waals surface area contributed by atoms with E-state index in [9.17, 15) is 4.79 Å². The molecule has 0 radical (unpaired) electrons. The first-order valence-corrected chi connectivity index (χ1v) is 6.67. The number of hydrogen-bond donors (Lipinski definition) is 0. The molecule has 2 nitrogen and oxygen atoms in total. The van der Waals surface area contributed by atoms with Gasteiger partial charge in [0, 0.05) is 5.38 Å². The Morgan fingerprint density at radius 1 is 1.38 bits per heavy atom. The van der Waals surface area contributed by atoms with E-state index < -0.39 is 10.8 Å². The first kappa shape index (κ1) is 16.1. The van der Waals surface area contributed by atoms with Crippen LogP contribution in [-0.4, -0.2) is 23.3 Å². The molecule has 0 aliphatic rings. The number of esters is 1. The maximum atomic E-state index is 11.3. The Balaban J connectivity index is 3.85. The highest BCUT2D eigenvalue weighted by Gasteiger charge is 2.33. The first-order chi connectivity index (χ1) is 7.44. The molecule has 0 N–H and O–H groups in total. The largest absolute Gasteiger partial charge is 0.468 e. The molecule has 2 unspecified atom stereocenters. The number of halogens is 2. The monoisotopic (exact) mass is 268 g/mol. The van der Waals surface area contributed by atoms with Crippen LogP contribution in [-0.2, 0) is 9.53 Å². The van der Waals surface area contributed by atoms with Crippen molar-refractivity contribution in [2.75, 3.05) is 7.11 Å². The van der Waals surface area contributed by atoms with Gasteiger partial charge >= 0.3 is 5.97 Å². The molecule has 0 aromatic carbocycles. The van der Waals surface area contributed by atoms with Gasteiger partial charge in [-0.05, 0) is 19.8 Å². The lowest BCUT2D eigenvalue weighted by Crippen LogP contribution is -2.33. The van der Waals surface area contributed by atoms with Crippen LogP contribution in [0.5, 0.6) is 0 Å². The van der Waals surface area contributed by atoms with Crippen molar-refractivity contribution in [3.8, 4) is 0 Å². The molecule has 0 heterocycles. The third kappa shape index (κ3) is 6.59. The van der Waals surface area contributed by atoms with Gasteiger partial charge in [-0.3, -0.25) is 4.79 Å². The van der Waals surface area contributed by atoms with Crippen LogP contribution in [0.2, 0.25) is 0 Å². The van der Waals surface area contributed by atoms with Crippen molar-refractivity contribution >= 4 is 29.2 Å². The minimum Gasteiger partial charge on any atom is -0.468 e. The Labute approximate surface area is 109 Å². The lowest BCUT2D eigenvalue weighted by molar-refractivity contribution is -0.143. The number of methoxy groups -OCH3 is 1. The minimum absolute atomic E-state index is 0.0570. The number of carbonyl (C=O) groups is 1. The van der Waals surface area contributed by atoms with Crippen molar-refractivity contribution in [2.45, 2.75) is 62.6 Å². The van der Waals surface area contributed by atoms with Crippen molar-refractivity contribution in [2.24, 2.45) is 0 Å². The highest BCUT2D eigenvalue weighted by molar-refractivity contribution is 6.34. The molecule has 0 rings (SSSR count). The summed E-state index contributed by atoms with van der Waals surface area (Å²) in [6, 6.07) is 0. The molecule has 2 atom stereocenters. The fourth-order valence-corrected chi connectivity index (χ4v) is 2.41. The Bertz CT molecular complexity index is 205. The maximum Gasteiger partial charge on any atom is 0.326 e. The second-order valence-electron chi connectivity index (χ2n) is 4.34. The summed E-state index contributed by atoms with van der Waals surface area (Å²) in [7, 11) is 1.34. The summed E-state index contributed by atoms with van der Waals surface area (Å²) in [5.74, 6) is -0.409. The number of rotatable bonds is 8. The highest BCUT2D eigenvalue weighted by atomic mass is 35.5. The standard InChI is InChI=1S/C12H22Cl2O2/c1-4-5-6-7-8-10(13)9-12(2,14)11(15)16-3/h10H,4-9H2,1-3H3.